The van der Waals surface area contributed by atoms with Crippen molar-refractivity contribution in [2.75, 3.05) is 6.61 Å². The van der Waals surface area contributed by atoms with Crippen LogP contribution in [0.15, 0.2) is 64.6 Å². The van der Waals surface area contributed by atoms with E-state index in [-0.39, 0.29) is 12.5 Å². The number of hydrogen-bond acceptors (Lipinski definition) is 4. The number of benzene rings is 1. The molecule has 0 aliphatic heterocycles. The van der Waals surface area contributed by atoms with Gasteiger partial charge in [-0.15, -0.1) is 11.3 Å². The van der Waals surface area contributed by atoms with Gasteiger partial charge in [0.1, 0.15) is 11.5 Å². The first-order chi connectivity index (χ1) is 12.6. The third-order valence-electron chi connectivity index (χ3n) is 4.12. The molecule has 0 N–H and O–H groups in total. The van der Waals surface area contributed by atoms with E-state index in [4.69, 9.17) is 9.15 Å². The highest BCUT2D eigenvalue weighted by Crippen LogP contribution is 2.19. The summed E-state index contributed by atoms with van der Waals surface area (Å²) in [4.78, 5) is 15.6. The van der Waals surface area contributed by atoms with Gasteiger partial charge in [-0.2, -0.15) is 0 Å². The number of furan rings is 1. The van der Waals surface area contributed by atoms with Gasteiger partial charge in [0.2, 0.25) is 0 Å². The maximum absolute atomic E-state index is 12.7. The molecule has 0 saturated heterocycles. The Hall–Kier alpha value is -2.53. The van der Waals surface area contributed by atoms with Crippen LogP contribution in [0, 0.1) is 0 Å². The van der Waals surface area contributed by atoms with E-state index >= 15 is 0 Å². The Bertz CT molecular complexity index is 756. The van der Waals surface area contributed by atoms with E-state index in [9.17, 15) is 4.79 Å². The third-order valence-corrected chi connectivity index (χ3v) is 4.98. The lowest BCUT2D eigenvalue weighted by Crippen LogP contribution is -2.33. The predicted molar refractivity (Wildman–Crippen MR) is 103 cm³/mol. The summed E-state index contributed by atoms with van der Waals surface area (Å²) in [6.07, 6.45) is 1.62. The molecule has 0 fully saturated rings. The SMILES string of the molecule is CC(C)c1ccc(OCC(=O)N(Cc2ccco2)Cc2cccs2)cc1. The molecule has 4 nitrogen and oxygen atoms in total. The summed E-state index contributed by atoms with van der Waals surface area (Å²) in [5.41, 5.74) is 1.25. The minimum atomic E-state index is -0.0669. The molecule has 1 amide bonds. The van der Waals surface area contributed by atoms with Crippen LogP contribution in [0.25, 0.3) is 0 Å². The van der Waals surface area contributed by atoms with Crippen molar-refractivity contribution in [3.63, 3.8) is 0 Å². The van der Waals surface area contributed by atoms with Gasteiger partial charge in [0.05, 0.1) is 19.4 Å². The Balaban J connectivity index is 1.62. The van der Waals surface area contributed by atoms with Crippen molar-refractivity contribution in [3.05, 3.63) is 76.4 Å². The van der Waals surface area contributed by atoms with Crippen LogP contribution < -0.4 is 4.74 Å². The first-order valence-corrected chi connectivity index (χ1v) is 9.55. The topological polar surface area (TPSA) is 42.7 Å². The molecule has 0 spiro atoms. The lowest BCUT2D eigenvalue weighted by Gasteiger charge is -2.21. The van der Waals surface area contributed by atoms with Gasteiger partial charge in [-0.3, -0.25) is 4.79 Å². The van der Waals surface area contributed by atoms with Crippen molar-refractivity contribution in [1.82, 2.24) is 4.90 Å². The summed E-state index contributed by atoms with van der Waals surface area (Å²) >= 11 is 1.63. The highest BCUT2D eigenvalue weighted by molar-refractivity contribution is 7.09. The molecule has 3 rings (SSSR count). The third kappa shape index (κ3) is 4.99. The number of rotatable bonds is 8. The molecule has 0 saturated carbocycles. The van der Waals surface area contributed by atoms with Crippen molar-refractivity contribution in [3.8, 4) is 5.75 Å². The van der Waals surface area contributed by atoms with Gasteiger partial charge in [0.15, 0.2) is 6.61 Å². The van der Waals surface area contributed by atoms with E-state index in [2.05, 4.69) is 13.8 Å². The highest BCUT2D eigenvalue weighted by Gasteiger charge is 2.17. The molecule has 3 aromatic rings. The zero-order chi connectivity index (χ0) is 18.4. The van der Waals surface area contributed by atoms with Crippen molar-refractivity contribution >= 4 is 17.2 Å². The Morgan fingerprint density at radius 1 is 1.12 bits per heavy atom. The van der Waals surface area contributed by atoms with Gasteiger partial charge in [0, 0.05) is 4.88 Å². The zero-order valence-electron chi connectivity index (χ0n) is 15.1. The van der Waals surface area contributed by atoms with E-state index in [1.165, 1.54) is 5.56 Å². The maximum atomic E-state index is 12.7. The summed E-state index contributed by atoms with van der Waals surface area (Å²) < 4.78 is 11.1. The van der Waals surface area contributed by atoms with Crippen molar-refractivity contribution < 1.29 is 13.9 Å². The van der Waals surface area contributed by atoms with Crippen LogP contribution in [0.1, 0.15) is 36.0 Å². The molecular formula is C21H23NO3S. The van der Waals surface area contributed by atoms with Crippen LogP contribution >= 0.6 is 11.3 Å². The Labute approximate surface area is 158 Å². The van der Waals surface area contributed by atoms with Gasteiger partial charge in [0.25, 0.3) is 5.91 Å². The van der Waals surface area contributed by atoms with Gasteiger partial charge in [-0.1, -0.05) is 32.0 Å². The molecule has 136 valence electrons. The summed E-state index contributed by atoms with van der Waals surface area (Å²) in [5, 5.41) is 2.01. The first kappa shape index (κ1) is 18.3. The van der Waals surface area contributed by atoms with Crippen molar-refractivity contribution in [1.29, 1.82) is 0 Å². The van der Waals surface area contributed by atoms with Crippen LogP contribution in [0.4, 0.5) is 0 Å². The fraction of sp³-hybridized carbons (Fsp3) is 0.286. The number of hydrogen-bond donors (Lipinski definition) is 0. The quantitative estimate of drug-likeness (QED) is 0.556. The smallest absolute Gasteiger partial charge is 0.261 e. The van der Waals surface area contributed by atoms with Crippen molar-refractivity contribution in [2.24, 2.45) is 0 Å². The van der Waals surface area contributed by atoms with Crippen LogP contribution in [-0.4, -0.2) is 17.4 Å². The summed E-state index contributed by atoms with van der Waals surface area (Å²) in [6.45, 7) is 5.28. The molecule has 2 heterocycles. The van der Waals surface area contributed by atoms with Gasteiger partial charge < -0.3 is 14.1 Å². The molecule has 0 unspecified atom stereocenters. The van der Waals surface area contributed by atoms with Gasteiger partial charge in [-0.05, 0) is 47.2 Å². The van der Waals surface area contributed by atoms with Crippen LogP contribution in [-0.2, 0) is 17.9 Å². The van der Waals surface area contributed by atoms with Gasteiger partial charge in [-0.25, -0.2) is 0 Å². The standard InChI is InChI=1S/C21H23NO3S/c1-16(2)17-7-9-18(10-8-17)25-15-21(23)22(13-19-5-3-11-24-19)14-20-6-4-12-26-20/h3-12,16H,13-15H2,1-2H3. The van der Waals surface area contributed by atoms with Crippen LogP contribution in [0.5, 0.6) is 5.75 Å². The fourth-order valence-corrected chi connectivity index (χ4v) is 3.32. The lowest BCUT2D eigenvalue weighted by molar-refractivity contribution is -0.134. The lowest BCUT2D eigenvalue weighted by atomic mass is 10.0. The molecule has 0 radical (unpaired) electrons. The monoisotopic (exact) mass is 369 g/mol. The zero-order valence-corrected chi connectivity index (χ0v) is 15.9. The largest absolute Gasteiger partial charge is 0.484 e. The molecule has 0 aliphatic carbocycles. The average Bonchev–Trinajstić information content (AvgIpc) is 3.33. The number of carbonyl (C=O) groups excluding carboxylic acids is 1. The molecule has 2 aromatic heterocycles. The number of amides is 1. The van der Waals surface area contributed by atoms with E-state index in [1.54, 1.807) is 22.5 Å². The Kier molecular flexibility index (Phi) is 6.12. The Morgan fingerprint density at radius 3 is 2.54 bits per heavy atom. The molecule has 26 heavy (non-hydrogen) atoms. The summed E-state index contributed by atoms with van der Waals surface area (Å²) in [7, 11) is 0. The normalized spacial score (nSPS) is 10.9. The summed E-state index contributed by atoms with van der Waals surface area (Å²) in [5.74, 6) is 1.87. The predicted octanol–water partition coefficient (Wildman–Crippen LogP) is 5.07. The highest BCUT2D eigenvalue weighted by atomic mass is 32.1. The van der Waals surface area contributed by atoms with Crippen LogP contribution in [0.2, 0.25) is 0 Å². The molecule has 0 atom stereocenters. The Morgan fingerprint density at radius 2 is 1.92 bits per heavy atom. The molecular weight excluding hydrogens is 346 g/mol. The van der Waals surface area contributed by atoms with Crippen LogP contribution in [0.3, 0.4) is 0 Å². The maximum Gasteiger partial charge on any atom is 0.261 e. The summed E-state index contributed by atoms with van der Waals surface area (Å²) in [6, 6.07) is 15.6. The van der Waals surface area contributed by atoms with Gasteiger partial charge >= 0.3 is 0 Å². The molecule has 1 aromatic carbocycles. The number of thiophene rings is 1. The number of ether oxygens (including phenoxy) is 1. The number of carbonyl (C=O) groups is 1. The first-order valence-electron chi connectivity index (χ1n) is 8.67. The molecule has 0 bridgehead atoms. The minimum absolute atomic E-state index is 0.00705. The molecule has 0 aliphatic rings. The second-order valence-electron chi connectivity index (χ2n) is 6.42. The second kappa shape index (κ2) is 8.72. The van der Waals surface area contributed by atoms with E-state index < -0.39 is 0 Å². The van der Waals surface area contributed by atoms with E-state index in [0.29, 0.717) is 24.8 Å². The van der Waals surface area contributed by atoms with Crippen molar-refractivity contribution in [2.45, 2.75) is 32.9 Å². The number of nitrogens with zero attached hydrogens (tertiary/aromatic N) is 1. The van der Waals surface area contributed by atoms with E-state index in [0.717, 1.165) is 10.6 Å². The van der Waals surface area contributed by atoms with E-state index in [1.807, 2.05) is 53.9 Å². The second-order valence-corrected chi connectivity index (χ2v) is 7.45. The average molecular weight is 369 g/mol. The molecule has 5 heteroatoms. The minimum Gasteiger partial charge on any atom is -0.484 e. The fourth-order valence-electron chi connectivity index (χ4n) is 2.60.